The number of hydrogen-bond acceptors (Lipinski definition) is 4. The first kappa shape index (κ1) is 15.0. The Bertz CT molecular complexity index is 606. The van der Waals surface area contributed by atoms with Gasteiger partial charge in [-0.2, -0.15) is 0 Å². The summed E-state index contributed by atoms with van der Waals surface area (Å²) in [5.41, 5.74) is 7.78. The van der Waals surface area contributed by atoms with Gasteiger partial charge in [-0.3, -0.25) is 4.79 Å². The first-order valence-electron chi connectivity index (χ1n) is 6.87. The lowest BCUT2D eigenvalue weighted by atomic mass is 10.1. The van der Waals surface area contributed by atoms with Gasteiger partial charge in [0.1, 0.15) is 5.76 Å². The van der Waals surface area contributed by atoms with Gasteiger partial charge >= 0.3 is 0 Å². The first-order valence-corrected chi connectivity index (χ1v) is 6.87. The molecule has 5 heteroatoms. The van der Waals surface area contributed by atoms with Crippen LogP contribution < -0.4 is 16.0 Å². The summed E-state index contributed by atoms with van der Waals surface area (Å²) in [7, 11) is 3.79. The molecule has 1 amide bonds. The van der Waals surface area contributed by atoms with Gasteiger partial charge in [-0.1, -0.05) is 0 Å². The smallest absolute Gasteiger partial charge is 0.253 e. The molecule has 0 fully saturated rings. The predicted molar refractivity (Wildman–Crippen MR) is 84.5 cm³/mol. The van der Waals surface area contributed by atoms with Gasteiger partial charge in [-0.25, -0.2) is 0 Å². The van der Waals surface area contributed by atoms with Crippen LogP contribution in [0.15, 0.2) is 41.0 Å². The number of nitrogens with two attached hydrogens (primary N) is 1. The third kappa shape index (κ3) is 3.78. The van der Waals surface area contributed by atoms with Crippen LogP contribution in [0.25, 0.3) is 0 Å². The number of nitrogens with zero attached hydrogens (tertiary/aromatic N) is 1. The van der Waals surface area contributed by atoms with Crippen LogP contribution in [0, 0.1) is 0 Å². The molecule has 3 N–H and O–H groups in total. The van der Waals surface area contributed by atoms with Crippen LogP contribution in [0.3, 0.4) is 0 Å². The lowest BCUT2D eigenvalue weighted by molar-refractivity contribution is 0.0940. The van der Waals surface area contributed by atoms with Gasteiger partial charge < -0.3 is 20.4 Å². The van der Waals surface area contributed by atoms with Crippen molar-refractivity contribution in [3.8, 4) is 0 Å². The van der Waals surface area contributed by atoms with E-state index in [9.17, 15) is 4.79 Å². The molecule has 0 radical (unpaired) electrons. The Kier molecular flexibility index (Phi) is 4.52. The van der Waals surface area contributed by atoms with E-state index in [-0.39, 0.29) is 11.9 Å². The maximum absolute atomic E-state index is 12.4. The Labute approximate surface area is 124 Å². The number of nitrogen functional groups attached to an aromatic ring is 1. The van der Waals surface area contributed by atoms with Gasteiger partial charge in [-0.05, 0) is 37.3 Å². The zero-order valence-corrected chi connectivity index (χ0v) is 12.6. The summed E-state index contributed by atoms with van der Waals surface area (Å²) in [4.78, 5) is 14.3. The van der Waals surface area contributed by atoms with Crippen molar-refractivity contribution < 1.29 is 9.21 Å². The molecular weight excluding hydrogens is 266 g/mol. The van der Waals surface area contributed by atoms with Gasteiger partial charge in [0.25, 0.3) is 5.91 Å². The highest BCUT2D eigenvalue weighted by Crippen LogP contribution is 2.21. The van der Waals surface area contributed by atoms with Crippen molar-refractivity contribution in [3.05, 3.63) is 47.9 Å². The zero-order valence-electron chi connectivity index (χ0n) is 12.6. The number of nitrogens with one attached hydrogen (secondary N) is 1. The number of carbonyl (C=O) groups excluding carboxylic acids is 1. The van der Waals surface area contributed by atoms with Crippen molar-refractivity contribution in [2.45, 2.75) is 19.4 Å². The van der Waals surface area contributed by atoms with Crippen molar-refractivity contribution in [3.63, 3.8) is 0 Å². The molecule has 0 spiro atoms. The van der Waals surface area contributed by atoms with Crippen molar-refractivity contribution >= 4 is 17.3 Å². The average molecular weight is 287 g/mol. The molecule has 5 nitrogen and oxygen atoms in total. The highest BCUT2D eigenvalue weighted by atomic mass is 16.3. The highest BCUT2D eigenvalue weighted by molar-refractivity contribution is 6.00. The van der Waals surface area contributed by atoms with Gasteiger partial charge in [-0.15, -0.1) is 0 Å². The first-order chi connectivity index (χ1) is 9.97. The van der Waals surface area contributed by atoms with E-state index in [2.05, 4.69) is 5.32 Å². The maximum atomic E-state index is 12.4. The number of anilines is 2. The van der Waals surface area contributed by atoms with Crippen molar-refractivity contribution in [1.29, 1.82) is 0 Å². The normalized spacial score (nSPS) is 12.0. The standard InChI is InChI=1S/C16H21N3O2/c1-11(9-13-5-4-8-21-13)18-16(20)14-10-12(17)6-7-15(14)19(2)3/h4-8,10-11H,9,17H2,1-3H3,(H,18,20). The van der Waals surface area contributed by atoms with E-state index in [0.717, 1.165) is 11.4 Å². The minimum Gasteiger partial charge on any atom is -0.469 e. The van der Waals surface area contributed by atoms with E-state index in [1.807, 2.05) is 44.1 Å². The Morgan fingerprint density at radius 1 is 1.38 bits per heavy atom. The van der Waals surface area contributed by atoms with E-state index in [1.54, 1.807) is 18.4 Å². The minimum absolute atomic E-state index is 0.0277. The molecule has 2 aromatic rings. The van der Waals surface area contributed by atoms with Crippen LogP contribution in [-0.4, -0.2) is 26.0 Å². The van der Waals surface area contributed by atoms with Gasteiger partial charge in [0, 0.05) is 37.9 Å². The van der Waals surface area contributed by atoms with Crippen LogP contribution in [0.2, 0.25) is 0 Å². The molecule has 21 heavy (non-hydrogen) atoms. The van der Waals surface area contributed by atoms with E-state index in [0.29, 0.717) is 17.7 Å². The fraction of sp³-hybridized carbons (Fsp3) is 0.312. The van der Waals surface area contributed by atoms with Crippen LogP contribution in [0.1, 0.15) is 23.0 Å². The molecule has 0 aliphatic rings. The van der Waals surface area contributed by atoms with Crippen LogP contribution in [0.5, 0.6) is 0 Å². The number of carbonyl (C=O) groups is 1. The summed E-state index contributed by atoms with van der Waals surface area (Å²) < 4.78 is 5.29. The lowest BCUT2D eigenvalue weighted by Gasteiger charge is -2.19. The van der Waals surface area contributed by atoms with E-state index in [4.69, 9.17) is 10.2 Å². The Balaban J connectivity index is 2.11. The minimum atomic E-state index is -0.134. The molecule has 0 aliphatic carbocycles. The molecular formula is C16H21N3O2. The summed E-state index contributed by atoms with van der Waals surface area (Å²) >= 11 is 0. The predicted octanol–water partition coefficient (Wildman–Crippen LogP) is 2.29. The molecule has 0 aliphatic heterocycles. The molecule has 0 saturated heterocycles. The van der Waals surface area contributed by atoms with E-state index >= 15 is 0 Å². The SMILES string of the molecule is CC(Cc1ccco1)NC(=O)c1cc(N)ccc1N(C)C. The highest BCUT2D eigenvalue weighted by Gasteiger charge is 2.16. The Hall–Kier alpha value is -2.43. The molecule has 112 valence electrons. The number of hydrogen-bond donors (Lipinski definition) is 2. The summed E-state index contributed by atoms with van der Waals surface area (Å²) in [6.07, 6.45) is 2.28. The zero-order chi connectivity index (χ0) is 15.4. The molecule has 1 heterocycles. The lowest BCUT2D eigenvalue weighted by Crippen LogP contribution is -2.34. The maximum Gasteiger partial charge on any atom is 0.253 e. The third-order valence-electron chi connectivity index (χ3n) is 3.21. The van der Waals surface area contributed by atoms with E-state index < -0.39 is 0 Å². The van der Waals surface area contributed by atoms with Crippen molar-refractivity contribution in [2.75, 3.05) is 24.7 Å². The largest absolute Gasteiger partial charge is 0.469 e. The molecule has 1 aromatic carbocycles. The summed E-state index contributed by atoms with van der Waals surface area (Å²) in [6, 6.07) is 9.05. The second-order valence-electron chi connectivity index (χ2n) is 5.33. The van der Waals surface area contributed by atoms with Gasteiger partial charge in [0.2, 0.25) is 0 Å². The van der Waals surface area contributed by atoms with Gasteiger partial charge in [0.15, 0.2) is 0 Å². The molecule has 1 unspecified atom stereocenters. The number of rotatable bonds is 5. The molecule has 0 bridgehead atoms. The molecule has 1 aromatic heterocycles. The molecule has 1 atom stereocenters. The summed E-state index contributed by atoms with van der Waals surface area (Å²) in [5, 5.41) is 2.98. The van der Waals surface area contributed by atoms with Crippen molar-refractivity contribution in [2.24, 2.45) is 0 Å². The summed E-state index contributed by atoms with van der Waals surface area (Å²) in [6.45, 7) is 1.95. The van der Waals surface area contributed by atoms with Gasteiger partial charge in [0.05, 0.1) is 11.8 Å². The molecule has 0 saturated carbocycles. The third-order valence-corrected chi connectivity index (χ3v) is 3.21. The fourth-order valence-electron chi connectivity index (χ4n) is 2.21. The van der Waals surface area contributed by atoms with E-state index in [1.165, 1.54) is 0 Å². The second kappa shape index (κ2) is 6.35. The average Bonchev–Trinajstić information content (AvgIpc) is 2.90. The van der Waals surface area contributed by atoms with Crippen LogP contribution in [-0.2, 0) is 6.42 Å². The second-order valence-corrected chi connectivity index (χ2v) is 5.33. The monoisotopic (exact) mass is 287 g/mol. The fourth-order valence-corrected chi connectivity index (χ4v) is 2.21. The number of amides is 1. The number of furan rings is 1. The number of benzene rings is 1. The quantitative estimate of drug-likeness (QED) is 0.828. The van der Waals surface area contributed by atoms with Crippen LogP contribution >= 0.6 is 0 Å². The van der Waals surface area contributed by atoms with Crippen molar-refractivity contribution in [1.82, 2.24) is 5.32 Å². The van der Waals surface area contributed by atoms with Crippen LogP contribution in [0.4, 0.5) is 11.4 Å². The Morgan fingerprint density at radius 3 is 2.76 bits per heavy atom. The topological polar surface area (TPSA) is 71.5 Å². The molecule has 2 rings (SSSR count). The summed E-state index contributed by atoms with van der Waals surface area (Å²) in [5.74, 6) is 0.716. The Morgan fingerprint density at radius 2 is 2.14 bits per heavy atom.